The van der Waals surface area contributed by atoms with Gasteiger partial charge in [0.25, 0.3) is 0 Å². The molecule has 0 heterocycles. The number of aliphatic carboxylic acids is 1. The second-order valence-corrected chi connectivity index (χ2v) is 3.53. The Labute approximate surface area is 79.1 Å². The summed E-state index contributed by atoms with van der Waals surface area (Å²) in [5.41, 5.74) is 0. The molecule has 0 aliphatic rings. The van der Waals surface area contributed by atoms with Crippen LogP contribution in [0.2, 0.25) is 0 Å². The molecule has 0 aromatic rings. The summed E-state index contributed by atoms with van der Waals surface area (Å²) in [6.07, 6.45) is 3.94. The summed E-state index contributed by atoms with van der Waals surface area (Å²) in [6.45, 7) is 4.25. The van der Waals surface area contributed by atoms with Crippen molar-refractivity contribution in [3.8, 4) is 0 Å². The van der Waals surface area contributed by atoms with E-state index < -0.39 is 11.9 Å². The largest absolute Gasteiger partial charge is 0.481 e. The quantitative estimate of drug-likeness (QED) is 0.489. The van der Waals surface area contributed by atoms with E-state index in [2.05, 4.69) is 13.8 Å². The van der Waals surface area contributed by atoms with Gasteiger partial charge in [-0.2, -0.15) is 0 Å². The molecule has 0 saturated heterocycles. The molecule has 0 amide bonds. The molecule has 0 saturated carbocycles. The van der Waals surface area contributed by atoms with Gasteiger partial charge in [-0.05, 0) is 12.3 Å². The first-order valence-electron chi connectivity index (χ1n) is 4.79. The van der Waals surface area contributed by atoms with Crippen molar-refractivity contribution < 1.29 is 14.7 Å². The second kappa shape index (κ2) is 6.63. The molecule has 0 aliphatic heterocycles. The Bertz CT molecular complexity index is 166. The van der Waals surface area contributed by atoms with Crippen molar-refractivity contribution in [1.29, 1.82) is 0 Å². The molecule has 1 N–H and O–H groups in total. The topological polar surface area (TPSA) is 54.4 Å². The molecule has 0 rings (SSSR count). The van der Waals surface area contributed by atoms with E-state index >= 15 is 0 Å². The SMILES string of the molecule is CCC(C)CCCC(C=O)C(=O)O. The van der Waals surface area contributed by atoms with E-state index in [0.717, 1.165) is 19.3 Å². The van der Waals surface area contributed by atoms with Crippen LogP contribution in [-0.2, 0) is 9.59 Å². The third-order valence-corrected chi connectivity index (χ3v) is 2.39. The number of rotatable bonds is 7. The highest BCUT2D eigenvalue weighted by atomic mass is 16.4. The van der Waals surface area contributed by atoms with E-state index in [1.165, 1.54) is 0 Å². The standard InChI is InChI=1S/C10H18O3/c1-3-8(2)5-4-6-9(7-11)10(12)13/h7-9H,3-6H2,1-2H3,(H,12,13). The fraction of sp³-hybridized carbons (Fsp3) is 0.800. The van der Waals surface area contributed by atoms with E-state index in [-0.39, 0.29) is 0 Å². The number of hydrogen-bond donors (Lipinski definition) is 1. The molecule has 76 valence electrons. The van der Waals surface area contributed by atoms with Gasteiger partial charge in [-0.1, -0.05) is 33.1 Å². The van der Waals surface area contributed by atoms with Gasteiger partial charge in [-0.3, -0.25) is 4.79 Å². The van der Waals surface area contributed by atoms with Crippen LogP contribution in [0.25, 0.3) is 0 Å². The average Bonchev–Trinajstić information content (AvgIpc) is 2.11. The summed E-state index contributed by atoms with van der Waals surface area (Å²) in [5, 5.41) is 8.56. The van der Waals surface area contributed by atoms with Crippen LogP contribution in [0.1, 0.15) is 39.5 Å². The van der Waals surface area contributed by atoms with Crippen molar-refractivity contribution >= 4 is 12.3 Å². The van der Waals surface area contributed by atoms with Gasteiger partial charge in [0.05, 0.1) is 0 Å². The molecule has 0 bridgehead atoms. The van der Waals surface area contributed by atoms with Gasteiger partial charge >= 0.3 is 5.97 Å². The lowest BCUT2D eigenvalue weighted by atomic mass is 9.97. The summed E-state index contributed by atoms with van der Waals surface area (Å²) < 4.78 is 0. The van der Waals surface area contributed by atoms with Crippen LogP contribution in [0.3, 0.4) is 0 Å². The Hall–Kier alpha value is -0.860. The molecule has 3 nitrogen and oxygen atoms in total. The monoisotopic (exact) mass is 186 g/mol. The lowest BCUT2D eigenvalue weighted by molar-refractivity contribution is -0.143. The Morgan fingerprint density at radius 2 is 2.08 bits per heavy atom. The van der Waals surface area contributed by atoms with Crippen LogP contribution in [0.15, 0.2) is 0 Å². The maximum Gasteiger partial charge on any atom is 0.313 e. The minimum absolute atomic E-state index is 0.475. The molecule has 0 aliphatic carbocycles. The number of aldehydes is 1. The first-order chi connectivity index (χ1) is 6.11. The Morgan fingerprint density at radius 1 is 1.46 bits per heavy atom. The Balaban J connectivity index is 3.61. The summed E-state index contributed by atoms with van der Waals surface area (Å²) in [5.74, 6) is -1.18. The van der Waals surface area contributed by atoms with Crippen LogP contribution in [0, 0.1) is 11.8 Å². The Kier molecular flexibility index (Phi) is 6.20. The first kappa shape index (κ1) is 12.1. The normalized spacial score (nSPS) is 14.9. The number of carbonyl (C=O) groups excluding carboxylic acids is 1. The molecule has 0 aromatic carbocycles. The predicted octanol–water partition coefficient (Wildman–Crippen LogP) is 2.10. The second-order valence-electron chi connectivity index (χ2n) is 3.53. The molecular weight excluding hydrogens is 168 g/mol. The molecule has 3 heteroatoms. The summed E-state index contributed by atoms with van der Waals surface area (Å²) in [6, 6.07) is 0. The van der Waals surface area contributed by atoms with Crippen molar-refractivity contribution in [2.75, 3.05) is 0 Å². The highest BCUT2D eigenvalue weighted by Crippen LogP contribution is 2.14. The van der Waals surface area contributed by atoms with Gasteiger partial charge < -0.3 is 9.90 Å². The summed E-state index contributed by atoms with van der Waals surface area (Å²) in [7, 11) is 0. The minimum Gasteiger partial charge on any atom is -0.481 e. The molecule has 0 radical (unpaired) electrons. The molecule has 0 spiro atoms. The zero-order valence-corrected chi connectivity index (χ0v) is 8.32. The third-order valence-electron chi connectivity index (χ3n) is 2.39. The van der Waals surface area contributed by atoms with Crippen molar-refractivity contribution in [2.24, 2.45) is 11.8 Å². The van der Waals surface area contributed by atoms with E-state index in [1.54, 1.807) is 0 Å². The van der Waals surface area contributed by atoms with Crippen LogP contribution >= 0.6 is 0 Å². The van der Waals surface area contributed by atoms with E-state index in [0.29, 0.717) is 18.6 Å². The minimum atomic E-state index is -1.00. The fourth-order valence-corrected chi connectivity index (χ4v) is 1.14. The highest BCUT2D eigenvalue weighted by Gasteiger charge is 2.15. The smallest absolute Gasteiger partial charge is 0.313 e. The van der Waals surface area contributed by atoms with E-state index in [1.807, 2.05) is 0 Å². The number of carboxylic acid groups (broad SMARTS) is 1. The predicted molar refractivity (Wildman–Crippen MR) is 50.5 cm³/mol. The van der Waals surface area contributed by atoms with Gasteiger partial charge in [-0.25, -0.2) is 0 Å². The highest BCUT2D eigenvalue weighted by molar-refractivity contribution is 5.86. The van der Waals surface area contributed by atoms with Gasteiger partial charge in [0.15, 0.2) is 0 Å². The van der Waals surface area contributed by atoms with E-state index in [9.17, 15) is 9.59 Å². The fourth-order valence-electron chi connectivity index (χ4n) is 1.14. The molecule has 13 heavy (non-hydrogen) atoms. The molecule has 0 aromatic heterocycles. The van der Waals surface area contributed by atoms with Gasteiger partial charge in [-0.15, -0.1) is 0 Å². The van der Waals surface area contributed by atoms with Gasteiger partial charge in [0.2, 0.25) is 0 Å². The lowest BCUT2D eigenvalue weighted by Crippen LogP contribution is -2.15. The van der Waals surface area contributed by atoms with Crippen LogP contribution < -0.4 is 0 Å². The van der Waals surface area contributed by atoms with E-state index in [4.69, 9.17) is 5.11 Å². The van der Waals surface area contributed by atoms with Gasteiger partial charge in [0.1, 0.15) is 12.2 Å². The first-order valence-corrected chi connectivity index (χ1v) is 4.79. The average molecular weight is 186 g/mol. The maximum absolute atomic E-state index is 10.4. The van der Waals surface area contributed by atoms with Crippen molar-refractivity contribution in [2.45, 2.75) is 39.5 Å². The van der Waals surface area contributed by atoms with Crippen molar-refractivity contribution in [3.63, 3.8) is 0 Å². The Morgan fingerprint density at radius 3 is 2.46 bits per heavy atom. The number of carbonyl (C=O) groups is 2. The van der Waals surface area contributed by atoms with Crippen LogP contribution in [0.4, 0.5) is 0 Å². The number of carboxylic acids is 1. The lowest BCUT2D eigenvalue weighted by Gasteiger charge is -2.08. The van der Waals surface area contributed by atoms with Crippen molar-refractivity contribution in [3.05, 3.63) is 0 Å². The van der Waals surface area contributed by atoms with Gasteiger partial charge in [0, 0.05) is 0 Å². The molecule has 2 unspecified atom stereocenters. The van der Waals surface area contributed by atoms with Crippen molar-refractivity contribution in [1.82, 2.24) is 0 Å². The molecular formula is C10H18O3. The van der Waals surface area contributed by atoms with Crippen LogP contribution in [-0.4, -0.2) is 17.4 Å². The zero-order chi connectivity index (χ0) is 10.3. The zero-order valence-electron chi connectivity index (χ0n) is 8.32. The van der Waals surface area contributed by atoms with Crippen LogP contribution in [0.5, 0.6) is 0 Å². The summed E-state index contributed by atoms with van der Waals surface area (Å²) in [4.78, 5) is 20.8. The third kappa shape index (κ3) is 5.39. The maximum atomic E-state index is 10.4. The molecule has 2 atom stereocenters. The molecule has 0 fully saturated rings. The number of hydrogen-bond acceptors (Lipinski definition) is 2. The summed E-state index contributed by atoms with van der Waals surface area (Å²) >= 11 is 0.